The predicted molar refractivity (Wildman–Crippen MR) is 118 cm³/mol. The number of carbonyl (C=O) groups is 1. The molecule has 1 amide bonds. The maximum absolute atomic E-state index is 13.1. The van der Waals surface area contributed by atoms with Gasteiger partial charge in [-0.05, 0) is 32.6 Å². The molecule has 11 heteroatoms. The van der Waals surface area contributed by atoms with Crippen molar-refractivity contribution < 1.29 is 27.8 Å². The van der Waals surface area contributed by atoms with E-state index in [1.54, 1.807) is 11.6 Å². The monoisotopic (exact) mass is 486 g/mol. The molecule has 2 aliphatic carbocycles. The number of amides is 1. The fourth-order valence-corrected chi connectivity index (χ4v) is 4.61. The summed E-state index contributed by atoms with van der Waals surface area (Å²) in [6, 6.07) is 0.397. The average Bonchev–Trinajstić information content (AvgIpc) is 3.03. The van der Waals surface area contributed by atoms with Crippen molar-refractivity contribution in [1.29, 1.82) is 0 Å². The Labute approximate surface area is 195 Å². The van der Waals surface area contributed by atoms with Gasteiger partial charge in [0.05, 0.1) is 24.4 Å². The van der Waals surface area contributed by atoms with Crippen LogP contribution in [0.2, 0.25) is 5.02 Å². The minimum atomic E-state index is -2.68. The van der Waals surface area contributed by atoms with Crippen LogP contribution in [-0.4, -0.2) is 57.3 Å². The van der Waals surface area contributed by atoms with Crippen LogP contribution in [0.5, 0.6) is 11.9 Å². The first kappa shape index (κ1) is 23.9. The second-order valence-corrected chi connectivity index (χ2v) is 9.40. The number of rotatable bonds is 8. The van der Waals surface area contributed by atoms with Crippen molar-refractivity contribution in [2.75, 3.05) is 6.61 Å². The van der Waals surface area contributed by atoms with Gasteiger partial charge in [0.25, 0.3) is 11.9 Å². The molecule has 2 aromatic heterocycles. The lowest BCUT2D eigenvalue weighted by molar-refractivity contribution is -0.135. The third-order valence-electron chi connectivity index (χ3n) is 6.04. The van der Waals surface area contributed by atoms with E-state index in [-0.39, 0.29) is 47.9 Å². The number of imidazole rings is 1. The Kier molecular flexibility index (Phi) is 6.95. The van der Waals surface area contributed by atoms with Crippen LogP contribution in [0.1, 0.15) is 52.4 Å². The number of pyridine rings is 1. The highest BCUT2D eigenvalue weighted by atomic mass is 35.5. The number of hydrogen-bond donors (Lipinski definition) is 1. The molecule has 33 heavy (non-hydrogen) atoms. The zero-order chi connectivity index (χ0) is 23.8. The van der Waals surface area contributed by atoms with E-state index in [1.807, 2.05) is 6.92 Å². The molecule has 1 atom stereocenters. The Morgan fingerprint density at radius 2 is 1.91 bits per heavy atom. The highest BCUT2D eigenvalue weighted by molar-refractivity contribution is 6.36. The topological polar surface area (TPSA) is 87.5 Å². The van der Waals surface area contributed by atoms with Gasteiger partial charge in [-0.25, -0.2) is 13.8 Å². The van der Waals surface area contributed by atoms with E-state index < -0.39 is 12.0 Å². The zero-order valence-electron chi connectivity index (χ0n) is 18.9. The number of hydrogen-bond acceptors (Lipinski definition) is 6. The van der Waals surface area contributed by atoms with E-state index in [0.29, 0.717) is 23.7 Å². The Hall–Kier alpha value is -2.20. The minimum Gasteiger partial charge on any atom is -0.473 e. The van der Waals surface area contributed by atoms with Crippen LogP contribution in [0.4, 0.5) is 8.78 Å². The number of nitrogens with one attached hydrogen (secondary N) is 1. The van der Waals surface area contributed by atoms with E-state index >= 15 is 0 Å². The molecule has 0 bridgehead atoms. The van der Waals surface area contributed by atoms with Crippen LogP contribution in [0, 0.1) is 0 Å². The molecule has 0 spiro atoms. The van der Waals surface area contributed by atoms with Crippen molar-refractivity contribution in [3.8, 4) is 11.9 Å². The van der Waals surface area contributed by atoms with Gasteiger partial charge in [0, 0.05) is 32.9 Å². The number of fused-ring (bicyclic) bond motifs is 1. The molecule has 2 aromatic rings. The van der Waals surface area contributed by atoms with Crippen molar-refractivity contribution in [3.63, 3.8) is 0 Å². The van der Waals surface area contributed by atoms with E-state index in [2.05, 4.69) is 15.3 Å². The van der Waals surface area contributed by atoms with Gasteiger partial charge in [-0.3, -0.25) is 9.36 Å². The number of nitrogens with zero attached hydrogens (tertiary/aromatic N) is 3. The molecule has 0 aromatic carbocycles. The third-order valence-corrected chi connectivity index (χ3v) is 6.38. The number of alkyl halides is 2. The summed E-state index contributed by atoms with van der Waals surface area (Å²) in [5.41, 5.74) is 1.14. The predicted octanol–water partition coefficient (Wildman–Crippen LogP) is 4.03. The molecule has 0 unspecified atom stereocenters. The van der Waals surface area contributed by atoms with E-state index in [9.17, 15) is 13.6 Å². The molecule has 1 N–H and O–H groups in total. The SMILES string of the molecule is CC(=O)N[C@@H](C)CO[C@H]1CC[C@H](Oc2nc3cnc(OC4CC(F)(F)C4)c(Cl)c3n2C)CC1. The quantitative estimate of drug-likeness (QED) is 0.606. The highest BCUT2D eigenvalue weighted by Crippen LogP contribution is 2.41. The molecule has 2 fully saturated rings. The standard InChI is InChI=1S/C22H29ClF2N4O4/c1-12(27-13(2)30)11-31-14-4-6-15(7-5-14)33-21-28-17-10-26-20(18(23)19(17)29(21)3)32-16-8-22(24,25)9-16/h10,12,14-16H,4-9,11H2,1-3H3,(H,27,30)/t12-,14-,15-/m0/s1. The first-order valence-electron chi connectivity index (χ1n) is 11.2. The van der Waals surface area contributed by atoms with Crippen LogP contribution < -0.4 is 14.8 Å². The minimum absolute atomic E-state index is 0.00667. The van der Waals surface area contributed by atoms with E-state index in [4.69, 9.17) is 25.8 Å². The number of aromatic nitrogens is 3. The molecule has 8 nitrogen and oxygen atoms in total. The third kappa shape index (κ3) is 5.66. The first-order valence-corrected chi connectivity index (χ1v) is 11.6. The smallest absolute Gasteiger partial charge is 0.297 e. The van der Waals surface area contributed by atoms with Gasteiger partial charge in [-0.1, -0.05) is 11.6 Å². The molecule has 2 saturated carbocycles. The molecule has 2 heterocycles. The lowest BCUT2D eigenvalue weighted by Gasteiger charge is -2.34. The Morgan fingerprint density at radius 1 is 1.24 bits per heavy atom. The van der Waals surface area contributed by atoms with Gasteiger partial charge in [0.15, 0.2) is 0 Å². The normalized spacial score (nSPS) is 23.7. The summed E-state index contributed by atoms with van der Waals surface area (Å²) in [4.78, 5) is 19.8. The molecular formula is C22H29ClF2N4O4. The highest BCUT2D eigenvalue weighted by Gasteiger charge is 2.47. The molecule has 4 rings (SSSR count). The van der Waals surface area contributed by atoms with Gasteiger partial charge in [0.1, 0.15) is 22.7 Å². The molecule has 2 aliphatic rings. The molecule has 0 radical (unpaired) electrons. The summed E-state index contributed by atoms with van der Waals surface area (Å²) in [5, 5.41) is 3.05. The summed E-state index contributed by atoms with van der Waals surface area (Å²) < 4.78 is 45.6. The van der Waals surface area contributed by atoms with Crippen LogP contribution in [0.25, 0.3) is 11.0 Å². The Bertz CT molecular complexity index is 1000. The fourth-order valence-electron chi connectivity index (χ4n) is 4.30. The number of aryl methyl sites for hydroxylation is 1. The van der Waals surface area contributed by atoms with Gasteiger partial charge < -0.3 is 19.5 Å². The molecule has 0 aliphatic heterocycles. The molecule has 182 valence electrons. The van der Waals surface area contributed by atoms with Gasteiger partial charge in [0.2, 0.25) is 11.8 Å². The van der Waals surface area contributed by atoms with Crippen molar-refractivity contribution in [3.05, 3.63) is 11.2 Å². The Morgan fingerprint density at radius 3 is 2.55 bits per heavy atom. The maximum atomic E-state index is 13.1. The van der Waals surface area contributed by atoms with Crippen molar-refractivity contribution in [1.82, 2.24) is 19.9 Å². The number of ether oxygens (including phenoxy) is 3. The van der Waals surface area contributed by atoms with Gasteiger partial charge >= 0.3 is 0 Å². The fraction of sp³-hybridized carbons (Fsp3) is 0.682. The lowest BCUT2D eigenvalue weighted by atomic mass is 9.91. The first-order chi connectivity index (χ1) is 15.6. The van der Waals surface area contributed by atoms with Crippen LogP contribution >= 0.6 is 11.6 Å². The number of carbonyl (C=O) groups excluding carboxylic acids is 1. The Balaban J connectivity index is 1.33. The van der Waals surface area contributed by atoms with Gasteiger partial charge in [-0.15, -0.1) is 0 Å². The number of halogens is 3. The summed E-state index contributed by atoms with van der Waals surface area (Å²) in [5.74, 6) is -2.61. The second-order valence-electron chi connectivity index (χ2n) is 9.02. The van der Waals surface area contributed by atoms with Crippen molar-refractivity contribution >= 4 is 28.5 Å². The lowest BCUT2D eigenvalue weighted by Crippen LogP contribution is -2.43. The van der Waals surface area contributed by atoms with Crippen LogP contribution in [-0.2, 0) is 16.6 Å². The average molecular weight is 487 g/mol. The largest absolute Gasteiger partial charge is 0.473 e. The molecular weight excluding hydrogens is 458 g/mol. The summed E-state index contributed by atoms with van der Waals surface area (Å²) in [7, 11) is 1.79. The zero-order valence-corrected chi connectivity index (χ0v) is 19.7. The van der Waals surface area contributed by atoms with Crippen molar-refractivity contribution in [2.24, 2.45) is 7.05 Å². The summed E-state index contributed by atoms with van der Waals surface area (Å²) in [6.07, 6.45) is 3.74. The van der Waals surface area contributed by atoms with E-state index in [0.717, 1.165) is 25.7 Å². The summed E-state index contributed by atoms with van der Waals surface area (Å²) >= 11 is 6.48. The van der Waals surface area contributed by atoms with Gasteiger partial charge in [-0.2, -0.15) is 4.98 Å². The second kappa shape index (κ2) is 9.58. The van der Waals surface area contributed by atoms with Crippen LogP contribution in [0.3, 0.4) is 0 Å². The van der Waals surface area contributed by atoms with E-state index in [1.165, 1.54) is 13.1 Å². The molecule has 0 saturated heterocycles. The maximum Gasteiger partial charge on any atom is 0.297 e. The van der Waals surface area contributed by atoms with Crippen LogP contribution in [0.15, 0.2) is 6.20 Å². The summed E-state index contributed by atoms with van der Waals surface area (Å²) in [6.45, 7) is 3.89. The van der Waals surface area contributed by atoms with Crippen molar-refractivity contribution in [2.45, 2.75) is 82.6 Å².